The molecule has 0 bridgehead atoms. The Balaban J connectivity index is 2.14. The van der Waals surface area contributed by atoms with E-state index in [1.807, 2.05) is 13.0 Å². The lowest BCUT2D eigenvalue weighted by Gasteiger charge is -2.09. The van der Waals surface area contributed by atoms with Crippen LogP contribution < -0.4 is 10.2 Å². The first-order valence-corrected chi connectivity index (χ1v) is 4.64. The van der Waals surface area contributed by atoms with E-state index in [9.17, 15) is 5.11 Å². The van der Waals surface area contributed by atoms with Gasteiger partial charge in [0.1, 0.15) is 18.1 Å². The Labute approximate surface area is 82.4 Å². The van der Waals surface area contributed by atoms with Crippen LogP contribution in [0, 0.1) is 0 Å². The van der Waals surface area contributed by atoms with Crippen molar-refractivity contribution < 1.29 is 14.7 Å². The predicted molar refractivity (Wildman–Crippen MR) is 51.1 cm³/mol. The van der Waals surface area contributed by atoms with Gasteiger partial charge in [0, 0.05) is 11.6 Å². The number of benzene rings is 1. The summed E-state index contributed by atoms with van der Waals surface area (Å²) >= 11 is 0. The topological polar surface area (TPSA) is 50.7 Å². The van der Waals surface area contributed by atoms with Gasteiger partial charge in [-0.2, -0.15) is 5.48 Å². The van der Waals surface area contributed by atoms with Gasteiger partial charge in [0.25, 0.3) is 0 Å². The van der Waals surface area contributed by atoms with Crippen molar-refractivity contribution in [3.8, 4) is 11.5 Å². The molecule has 1 aromatic carbocycles. The highest BCUT2D eigenvalue weighted by molar-refractivity contribution is 5.44. The van der Waals surface area contributed by atoms with E-state index in [-0.39, 0.29) is 11.8 Å². The molecule has 0 saturated carbocycles. The maximum Gasteiger partial charge on any atom is 0.128 e. The molecule has 0 spiro atoms. The molecule has 2 N–H and O–H groups in total. The minimum atomic E-state index is 0.0607. The van der Waals surface area contributed by atoms with Crippen molar-refractivity contribution in [2.45, 2.75) is 13.0 Å². The van der Waals surface area contributed by atoms with Crippen LogP contribution in [0.3, 0.4) is 0 Å². The van der Waals surface area contributed by atoms with Gasteiger partial charge in [0.05, 0.1) is 12.6 Å². The Morgan fingerprint density at radius 1 is 1.64 bits per heavy atom. The third-order valence-corrected chi connectivity index (χ3v) is 2.15. The van der Waals surface area contributed by atoms with Crippen LogP contribution in [0.2, 0.25) is 0 Å². The lowest BCUT2D eigenvalue weighted by Crippen LogP contribution is -2.22. The number of phenols is 1. The first kappa shape index (κ1) is 9.30. The summed E-state index contributed by atoms with van der Waals surface area (Å²) in [6, 6.07) is 5.16. The standard InChI is InChI=1S/C10H13NO3/c1-2-14-11-9-6-13-10-5-7(12)3-4-8(9)10/h3-5,9,11-12H,2,6H2,1H3. The third-order valence-electron chi connectivity index (χ3n) is 2.15. The van der Waals surface area contributed by atoms with E-state index < -0.39 is 0 Å². The molecule has 4 heteroatoms. The molecule has 1 unspecified atom stereocenters. The van der Waals surface area contributed by atoms with E-state index >= 15 is 0 Å². The van der Waals surface area contributed by atoms with Crippen molar-refractivity contribution in [2.75, 3.05) is 13.2 Å². The first-order valence-electron chi connectivity index (χ1n) is 4.64. The highest BCUT2D eigenvalue weighted by atomic mass is 16.6. The van der Waals surface area contributed by atoms with Crippen LogP contribution in [-0.2, 0) is 4.84 Å². The van der Waals surface area contributed by atoms with E-state index in [0.29, 0.717) is 13.2 Å². The maximum atomic E-state index is 9.23. The van der Waals surface area contributed by atoms with Crippen molar-refractivity contribution in [2.24, 2.45) is 0 Å². The summed E-state index contributed by atoms with van der Waals surface area (Å²) in [5.41, 5.74) is 3.92. The molecule has 0 aliphatic carbocycles. The van der Waals surface area contributed by atoms with E-state index in [1.165, 1.54) is 0 Å². The van der Waals surface area contributed by atoms with Crippen molar-refractivity contribution in [1.82, 2.24) is 5.48 Å². The highest BCUT2D eigenvalue weighted by Crippen LogP contribution is 2.34. The second-order valence-electron chi connectivity index (χ2n) is 3.14. The SMILES string of the molecule is CCONC1COc2cc(O)ccc21. The van der Waals surface area contributed by atoms with Gasteiger partial charge in [-0.15, -0.1) is 0 Å². The van der Waals surface area contributed by atoms with Crippen LogP contribution in [0.5, 0.6) is 11.5 Å². The molecular weight excluding hydrogens is 182 g/mol. The largest absolute Gasteiger partial charge is 0.508 e. The van der Waals surface area contributed by atoms with E-state index in [4.69, 9.17) is 9.57 Å². The monoisotopic (exact) mass is 195 g/mol. The number of rotatable bonds is 3. The normalized spacial score (nSPS) is 19.1. The van der Waals surface area contributed by atoms with Crippen molar-refractivity contribution >= 4 is 0 Å². The summed E-state index contributed by atoms with van der Waals surface area (Å²) in [7, 11) is 0. The van der Waals surface area contributed by atoms with Crippen molar-refractivity contribution in [1.29, 1.82) is 0 Å². The molecule has 76 valence electrons. The smallest absolute Gasteiger partial charge is 0.128 e. The quantitative estimate of drug-likeness (QED) is 0.715. The number of hydrogen-bond donors (Lipinski definition) is 2. The van der Waals surface area contributed by atoms with Crippen molar-refractivity contribution in [3.63, 3.8) is 0 Å². The number of phenolic OH excluding ortho intramolecular Hbond substituents is 1. The third kappa shape index (κ3) is 1.66. The number of hydroxylamine groups is 1. The highest BCUT2D eigenvalue weighted by Gasteiger charge is 2.24. The summed E-state index contributed by atoms with van der Waals surface area (Å²) in [5.74, 6) is 0.947. The van der Waals surface area contributed by atoms with Crippen LogP contribution in [0.1, 0.15) is 18.5 Å². The fraction of sp³-hybridized carbons (Fsp3) is 0.400. The van der Waals surface area contributed by atoms with Crippen LogP contribution in [0.25, 0.3) is 0 Å². The minimum absolute atomic E-state index is 0.0607. The Hall–Kier alpha value is -1.26. The van der Waals surface area contributed by atoms with Gasteiger partial charge in [-0.05, 0) is 19.1 Å². The number of hydrogen-bond acceptors (Lipinski definition) is 4. The van der Waals surface area contributed by atoms with Crippen LogP contribution in [-0.4, -0.2) is 18.3 Å². The van der Waals surface area contributed by atoms with Crippen LogP contribution >= 0.6 is 0 Å². The van der Waals surface area contributed by atoms with Gasteiger partial charge >= 0.3 is 0 Å². The molecule has 0 amide bonds. The number of fused-ring (bicyclic) bond motifs is 1. The lowest BCUT2D eigenvalue weighted by molar-refractivity contribution is 0.0192. The Kier molecular flexibility index (Phi) is 2.56. The average molecular weight is 195 g/mol. The Morgan fingerprint density at radius 2 is 2.50 bits per heavy atom. The molecule has 1 heterocycles. The molecule has 0 aromatic heterocycles. The number of ether oxygens (including phenoxy) is 1. The van der Waals surface area contributed by atoms with Gasteiger partial charge in [-0.25, -0.2) is 0 Å². The number of aromatic hydroxyl groups is 1. The second-order valence-corrected chi connectivity index (χ2v) is 3.14. The van der Waals surface area contributed by atoms with Gasteiger partial charge in [0.2, 0.25) is 0 Å². The predicted octanol–water partition coefficient (Wildman–Crippen LogP) is 1.37. The molecule has 14 heavy (non-hydrogen) atoms. The molecule has 1 atom stereocenters. The van der Waals surface area contributed by atoms with Gasteiger partial charge in [0.15, 0.2) is 0 Å². The molecule has 0 radical (unpaired) electrons. The minimum Gasteiger partial charge on any atom is -0.508 e. The molecule has 4 nitrogen and oxygen atoms in total. The fourth-order valence-corrected chi connectivity index (χ4v) is 1.48. The van der Waals surface area contributed by atoms with Gasteiger partial charge in [-0.3, -0.25) is 0 Å². The fourth-order valence-electron chi connectivity index (χ4n) is 1.48. The molecule has 0 fully saturated rings. The van der Waals surface area contributed by atoms with Crippen LogP contribution in [0.4, 0.5) is 0 Å². The van der Waals surface area contributed by atoms with E-state index in [1.54, 1.807) is 12.1 Å². The summed E-state index contributed by atoms with van der Waals surface area (Å²) in [4.78, 5) is 5.11. The first-order chi connectivity index (χ1) is 6.81. The van der Waals surface area contributed by atoms with E-state index in [2.05, 4.69) is 5.48 Å². The molecule has 0 saturated heterocycles. The number of nitrogens with one attached hydrogen (secondary N) is 1. The molecular formula is C10H13NO3. The zero-order chi connectivity index (χ0) is 9.97. The van der Waals surface area contributed by atoms with Crippen LogP contribution in [0.15, 0.2) is 18.2 Å². The summed E-state index contributed by atoms with van der Waals surface area (Å²) in [5, 5.41) is 9.23. The Morgan fingerprint density at radius 3 is 3.29 bits per heavy atom. The molecule has 1 aromatic rings. The average Bonchev–Trinajstić information content (AvgIpc) is 2.57. The molecule has 1 aliphatic heterocycles. The summed E-state index contributed by atoms with van der Waals surface area (Å²) < 4.78 is 5.39. The summed E-state index contributed by atoms with van der Waals surface area (Å²) in [6.45, 7) is 3.07. The maximum absolute atomic E-state index is 9.23. The lowest BCUT2D eigenvalue weighted by atomic mass is 10.1. The second kappa shape index (κ2) is 3.86. The van der Waals surface area contributed by atoms with Crippen molar-refractivity contribution in [3.05, 3.63) is 23.8 Å². The molecule has 2 rings (SSSR count). The zero-order valence-corrected chi connectivity index (χ0v) is 7.99. The molecule has 1 aliphatic rings. The Bertz CT molecular complexity index is 327. The van der Waals surface area contributed by atoms with E-state index in [0.717, 1.165) is 11.3 Å². The zero-order valence-electron chi connectivity index (χ0n) is 7.99. The van der Waals surface area contributed by atoms with Gasteiger partial charge in [-0.1, -0.05) is 0 Å². The summed E-state index contributed by atoms with van der Waals surface area (Å²) in [6.07, 6.45) is 0. The van der Waals surface area contributed by atoms with Gasteiger partial charge < -0.3 is 14.7 Å².